The highest BCUT2D eigenvalue weighted by Crippen LogP contribution is 2.41. The van der Waals surface area contributed by atoms with Crippen molar-refractivity contribution in [3.05, 3.63) is 41.0 Å². The molecule has 10 nitrogen and oxygen atoms in total. The highest BCUT2D eigenvalue weighted by atomic mass is 35.5. The number of benzene rings is 1. The van der Waals surface area contributed by atoms with E-state index < -0.39 is 0 Å². The lowest BCUT2D eigenvalue weighted by Gasteiger charge is -2.45. The normalized spacial score (nSPS) is 23.1. The van der Waals surface area contributed by atoms with E-state index in [9.17, 15) is 14.4 Å². The number of aromatic nitrogens is 2. The molecular weight excluding hydrogens is 554 g/mol. The number of halogens is 1. The van der Waals surface area contributed by atoms with Gasteiger partial charge in [-0.2, -0.15) is 4.68 Å². The number of hydrogen-bond donors (Lipinski definition) is 1. The molecule has 0 saturated carbocycles. The van der Waals surface area contributed by atoms with Crippen LogP contribution in [0.25, 0.3) is 0 Å². The van der Waals surface area contributed by atoms with Gasteiger partial charge in [0, 0.05) is 100 Å². The first-order valence-corrected chi connectivity index (χ1v) is 15.7. The van der Waals surface area contributed by atoms with Gasteiger partial charge in [0.15, 0.2) is 5.82 Å². The first kappa shape index (κ1) is 30.4. The van der Waals surface area contributed by atoms with E-state index in [1.165, 1.54) is 22.9 Å². The molecule has 1 spiro atoms. The van der Waals surface area contributed by atoms with Gasteiger partial charge in [-0.1, -0.05) is 25.4 Å². The van der Waals surface area contributed by atoms with Crippen LogP contribution in [0.3, 0.4) is 0 Å². The van der Waals surface area contributed by atoms with Crippen LogP contribution >= 0.6 is 11.6 Å². The molecule has 228 valence electrons. The molecule has 4 saturated heterocycles. The van der Waals surface area contributed by atoms with Crippen LogP contribution in [0.4, 0.5) is 16.3 Å². The van der Waals surface area contributed by atoms with Crippen molar-refractivity contribution in [3.8, 4) is 0 Å². The van der Waals surface area contributed by atoms with Crippen molar-refractivity contribution in [3.63, 3.8) is 0 Å². The number of piperidine rings is 1. The Balaban J connectivity index is 0.00000173. The number of carbonyl (C=O) groups excluding carboxylic acids is 3. The number of carbonyl (C=O) groups is 3. The predicted molar refractivity (Wildman–Crippen MR) is 165 cm³/mol. The molecule has 2 atom stereocenters. The van der Waals surface area contributed by atoms with E-state index in [4.69, 9.17) is 11.6 Å². The summed E-state index contributed by atoms with van der Waals surface area (Å²) < 4.78 is 1.31. The molecule has 2 unspecified atom stereocenters. The minimum Gasteiger partial charge on any atom is -0.371 e. The minimum absolute atomic E-state index is 0.0888. The number of anilines is 2. The van der Waals surface area contributed by atoms with Crippen molar-refractivity contribution in [2.75, 3.05) is 56.0 Å². The molecule has 0 aliphatic carbocycles. The van der Waals surface area contributed by atoms with Crippen LogP contribution in [0.5, 0.6) is 0 Å². The predicted octanol–water partition coefficient (Wildman–Crippen LogP) is 4.53. The van der Waals surface area contributed by atoms with Gasteiger partial charge in [-0.25, -0.2) is 4.79 Å². The van der Waals surface area contributed by atoms with Crippen LogP contribution in [0, 0.1) is 11.8 Å². The van der Waals surface area contributed by atoms with Gasteiger partial charge in [0.05, 0.1) is 0 Å². The molecule has 4 fully saturated rings. The number of nitrogens with zero attached hydrogens (tertiary/aromatic N) is 6. The van der Waals surface area contributed by atoms with E-state index in [1.54, 1.807) is 19.2 Å². The van der Waals surface area contributed by atoms with Gasteiger partial charge >= 0.3 is 6.03 Å². The second-order valence-electron chi connectivity index (χ2n) is 12.0. The summed E-state index contributed by atoms with van der Waals surface area (Å²) >= 11 is 6.64. The molecule has 0 bridgehead atoms. The summed E-state index contributed by atoms with van der Waals surface area (Å²) in [5, 5.41) is 7.60. The van der Waals surface area contributed by atoms with Crippen LogP contribution in [0.15, 0.2) is 30.5 Å². The van der Waals surface area contributed by atoms with Gasteiger partial charge in [-0.05, 0) is 56.0 Å². The molecule has 3 amide bonds. The van der Waals surface area contributed by atoms with Gasteiger partial charge in [-0.15, -0.1) is 5.10 Å². The Morgan fingerprint density at radius 1 is 0.952 bits per heavy atom. The number of likely N-dealkylation sites (tertiary alicyclic amines) is 3. The topological polar surface area (TPSA) is 94.0 Å². The van der Waals surface area contributed by atoms with Crippen molar-refractivity contribution >= 4 is 41.0 Å². The van der Waals surface area contributed by atoms with Crippen LogP contribution in [0.2, 0.25) is 5.02 Å². The second kappa shape index (κ2) is 12.6. The highest BCUT2D eigenvalue weighted by molar-refractivity contribution is 6.30. The van der Waals surface area contributed by atoms with E-state index in [0.29, 0.717) is 30.7 Å². The third-order valence-corrected chi connectivity index (χ3v) is 9.63. The zero-order valence-electron chi connectivity index (χ0n) is 25.3. The maximum Gasteiger partial charge on any atom is 0.344 e. The van der Waals surface area contributed by atoms with Crippen molar-refractivity contribution in [2.45, 2.75) is 65.5 Å². The Bertz CT molecular complexity index is 1290. The van der Waals surface area contributed by atoms with E-state index in [1.807, 2.05) is 23.6 Å². The minimum atomic E-state index is -0.213. The Kier molecular flexibility index (Phi) is 9.13. The molecule has 4 aliphatic heterocycles. The smallest absolute Gasteiger partial charge is 0.344 e. The Hall–Kier alpha value is -3.11. The van der Waals surface area contributed by atoms with Crippen molar-refractivity contribution in [1.29, 1.82) is 0 Å². The number of amides is 3. The summed E-state index contributed by atoms with van der Waals surface area (Å²) in [6.45, 7) is 14.0. The molecule has 1 aromatic heterocycles. The fraction of sp³-hybridized carbons (Fsp3) is 0.613. The third-order valence-electron chi connectivity index (χ3n) is 9.41. The molecule has 0 radical (unpaired) electrons. The average Bonchev–Trinajstić information content (AvgIpc) is 3.74. The summed E-state index contributed by atoms with van der Waals surface area (Å²) in [6.07, 6.45) is 5.74. The lowest BCUT2D eigenvalue weighted by atomic mass is 9.85. The molecule has 1 aromatic carbocycles. The summed E-state index contributed by atoms with van der Waals surface area (Å²) in [5.41, 5.74) is 2.50. The summed E-state index contributed by atoms with van der Waals surface area (Å²) in [6, 6.07) is 7.94. The third kappa shape index (κ3) is 6.29. The van der Waals surface area contributed by atoms with Gasteiger partial charge in [0.2, 0.25) is 11.8 Å². The second-order valence-corrected chi connectivity index (χ2v) is 12.4. The fourth-order valence-electron chi connectivity index (χ4n) is 7.33. The van der Waals surface area contributed by atoms with Crippen LogP contribution in [-0.2, 0) is 16.1 Å². The average molecular weight is 598 g/mol. The van der Waals surface area contributed by atoms with Crippen molar-refractivity contribution in [2.24, 2.45) is 11.8 Å². The molecule has 5 heterocycles. The molecule has 42 heavy (non-hydrogen) atoms. The Morgan fingerprint density at radius 3 is 2.29 bits per heavy atom. The standard InChI is InChI=1S/C29H38ClN7O3.C2H6/c1-20(38)31-27-4-9-37(32-27)28(40)33-10-6-29(7-11-33)5-3-8-36(29)15-22-12-25(30)14-26(13-22)35-18-23-16-34(21(2)39)17-24(23)19-35;1-2/h4,9,12-14,23-24H,3,5-8,10-11,15-19H2,1-2H3,(H,31,32,38);1-2H3. The summed E-state index contributed by atoms with van der Waals surface area (Å²) in [5.74, 6) is 1.40. The number of rotatable bonds is 4. The first-order valence-electron chi connectivity index (χ1n) is 15.4. The zero-order valence-corrected chi connectivity index (χ0v) is 26.1. The molecule has 4 aliphatic rings. The lowest BCUT2D eigenvalue weighted by Crippen LogP contribution is -2.53. The van der Waals surface area contributed by atoms with E-state index in [0.717, 1.165) is 70.0 Å². The zero-order chi connectivity index (χ0) is 30.0. The molecule has 2 aromatic rings. The molecule has 6 rings (SSSR count). The Labute approximate surface area is 253 Å². The maximum absolute atomic E-state index is 13.1. The monoisotopic (exact) mass is 597 g/mol. The largest absolute Gasteiger partial charge is 0.371 e. The van der Waals surface area contributed by atoms with Gasteiger partial charge in [0.25, 0.3) is 0 Å². The summed E-state index contributed by atoms with van der Waals surface area (Å²) in [7, 11) is 0. The van der Waals surface area contributed by atoms with Crippen LogP contribution < -0.4 is 10.2 Å². The quantitative estimate of drug-likeness (QED) is 0.556. The number of hydrogen-bond acceptors (Lipinski definition) is 6. The number of nitrogens with one attached hydrogen (secondary N) is 1. The van der Waals surface area contributed by atoms with Crippen LogP contribution in [-0.4, -0.2) is 93.7 Å². The van der Waals surface area contributed by atoms with E-state index in [-0.39, 0.29) is 23.4 Å². The Morgan fingerprint density at radius 2 is 1.64 bits per heavy atom. The number of fused-ring (bicyclic) bond motifs is 1. The van der Waals surface area contributed by atoms with E-state index >= 15 is 0 Å². The maximum atomic E-state index is 13.1. The summed E-state index contributed by atoms with van der Waals surface area (Å²) in [4.78, 5) is 45.1. The van der Waals surface area contributed by atoms with Crippen molar-refractivity contribution < 1.29 is 14.4 Å². The molecule has 1 N–H and O–H groups in total. The van der Waals surface area contributed by atoms with Gasteiger partial charge < -0.3 is 20.0 Å². The van der Waals surface area contributed by atoms with Crippen molar-refractivity contribution in [1.82, 2.24) is 24.5 Å². The highest BCUT2D eigenvalue weighted by Gasteiger charge is 2.44. The fourth-order valence-corrected chi connectivity index (χ4v) is 7.58. The van der Waals surface area contributed by atoms with Crippen LogP contribution in [0.1, 0.15) is 58.9 Å². The van der Waals surface area contributed by atoms with Gasteiger partial charge in [0.1, 0.15) is 0 Å². The SMILES string of the molecule is CC.CC(=O)Nc1ccn(C(=O)N2CCC3(CCCN3Cc3cc(Cl)cc(N4CC5CN(C(C)=O)CC5C4)c3)CC2)n1. The lowest BCUT2D eigenvalue weighted by molar-refractivity contribution is -0.128. The molecule has 11 heteroatoms. The van der Waals surface area contributed by atoms with E-state index in [2.05, 4.69) is 38.4 Å². The first-order chi connectivity index (χ1) is 20.2. The molecular formula is C31H44ClN7O3. The van der Waals surface area contributed by atoms with Gasteiger partial charge in [-0.3, -0.25) is 14.5 Å².